The lowest BCUT2D eigenvalue weighted by Crippen LogP contribution is -2.44. The molecule has 0 heterocycles. The van der Waals surface area contributed by atoms with E-state index in [-0.39, 0.29) is 5.92 Å². The third-order valence-electron chi connectivity index (χ3n) is 3.27. The van der Waals surface area contributed by atoms with Crippen molar-refractivity contribution in [2.24, 2.45) is 5.92 Å². The summed E-state index contributed by atoms with van der Waals surface area (Å²) in [6, 6.07) is 0. The van der Waals surface area contributed by atoms with Crippen LogP contribution in [0, 0.1) is 5.92 Å². The first-order valence-electron chi connectivity index (χ1n) is 6.54. The van der Waals surface area contributed by atoms with Gasteiger partial charge in [-0.3, -0.25) is 0 Å². The number of aliphatic hydroxyl groups excluding tert-OH is 2. The Morgan fingerprint density at radius 3 is 1.88 bits per heavy atom. The zero-order chi connectivity index (χ0) is 12.8. The maximum Gasteiger partial charge on any atom is 0.0908 e. The molecule has 1 fully saturated rings. The van der Waals surface area contributed by atoms with Gasteiger partial charge in [-0.05, 0) is 32.1 Å². The lowest BCUT2D eigenvalue weighted by molar-refractivity contribution is -0.0984. The molecule has 3 nitrogen and oxygen atoms in total. The highest BCUT2D eigenvalue weighted by atomic mass is 16.3. The Morgan fingerprint density at radius 2 is 1.50 bits per heavy atom. The first-order valence-corrected chi connectivity index (χ1v) is 6.54. The summed E-state index contributed by atoms with van der Waals surface area (Å²) in [4.78, 5) is 0. The van der Waals surface area contributed by atoms with E-state index in [1.165, 1.54) is 0 Å². The Morgan fingerprint density at radius 1 is 1.06 bits per heavy atom. The van der Waals surface area contributed by atoms with E-state index in [1.807, 2.05) is 20.8 Å². The van der Waals surface area contributed by atoms with Crippen molar-refractivity contribution in [1.29, 1.82) is 0 Å². The molecule has 3 heteroatoms. The molecule has 1 rings (SSSR count). The van der Waals surface area contributed by atoms with Crippen LogP contribution in [0.4, 0.5) is 0 Å². The van der Waals surface area contributed by atoms with Crippen LogP contribution in [-0.2, 0) is 0 Å². The van der Waals surface area contributed by atoms with E-state index < -0.39 is 17.8 Å². The second-order valence-electron chi connectivity index (χ2n) is 4.82. The van der Waals surface area contributed by atoms with Crippen LogP contribution in [0.5, 0.6) is 0 Å². The molecule has 0 aromatic rings. The molecule has 0 radical (unpaired) electrons. The highest BCUT2D eigenvalue weighted by Gasteiger charge is 2.41. The van der Waals surface area contributed by atoms with E-state index in [1.54, 1.807) is 6.92 Å². The molecule has 3 N–H and O–H groups in total. The highest BCUT2D eigenvalue weighted by molar-refractivity contribution is 4.93. The van der Waals surface area contributed by atoms with Gasteiger partial charge in [0.2, 0.25) is 0 Å². The number of hydrogen-bond donors (Lipinski definition) is 3. The van der Waals surface area contributed by atoms with Crippen molar-refractivity contribution in [2.45, 2.75) is 77.6 Å². The van der Waals surface area contributed by atoms with Crippen molar-refractivity contribution in [3.05, 3.63) is 0 Å². The molecule has 0 saturated heterocycles. The van der Waals surface area contributed by atoms with Crippen LogP contribution in [0.1, 0.15) is 59.8 Å². The zero-order valence-electron chi connectivity index (χ0n) is 11.1. The molecule has 0 amide bonds. The van der Waals surface area contributed by atoms with Crippen molar-refractivity contribution in [3.8, 4) is 0 Å². The van der Waals surface area contributed by atoms with Crippen LogP contribution in [0.25, 0.3) is 0 Å². The van der Waals surface area contributed by atoms with Crippen LogP contribution in [0.3, 0.4) is 0 Å². The summed E-state index contributed by atoms with van der Waals surface area (Å²) in [5.41, 5.74) is -0.895. The maximum atomic E-state index is 10.1. The Balaban J connectivity index is 0.00000106. The van der Waals surface area contributed by atoms with E-state index in [9.17, 15) is 15.3 Å². The van der Waals surface area contributed by atoms with Gasteiger partial charge in [0.1, 0.15) is 0 Å². The van der Waals surface area contributed by atoms with Crippen molar-refractivity contribution >= 4 is 0 Å². The molecule has 0 aliphatic heterocycles. The molecule has 1 saturated carbocycles. The van der Waals surface area contributed by atoms with Gasteiger partial charge in [0, 0.05) is 0 Å². The number of aliphatic hydroxyl groups is 3. The first kappa shape index (κ1) is 15.9. The minimum atomic E-state index is -0.895. The molecule has 3 unspecified atom stereocenters. The van der Waals surface area contributed by atoms with Gasteiger partial charge in [0.15, 0.2) is 0 Å². The Kier molecular flexibility index (Phi) is 7.20. The van der Waals surface area contributed by atoms with Crippen LogP contribution in [0.15, 0.2) is 0 Å². The number of hydrogen-bond acceptors (Lipinski definition) is 3. The lowest BCUT2D eigenvalue weighted by Gasteiger charge is -2.33. The highest BCUT2D eigenvalue weighted by Crippen LogP contribution is 2.36. The molecular weight excluding hydrogens is 204 g/mol. The van der Waals surface area contributed by atoms with Gasteiger partial charge in [-0.2, -0.15) is 0 Å². The van der Waals surface area contributed by atoms with Crippen LogP contribution >= 0.6 is 0 Å². The predicted molar refractivity (Wildman–Crippen MR) is 66.2 cm³/mol. The van der Waals surface area contributed by atoms with E-state index >= 15 is 0 Å². The Labute approximate surface area is 99.5 Å². The van der Waals surface area contributed by atoms with Gasteiger partial charge in [0.25, 0.3) is 0 Å². The minimum Gasteiger partial charge on any atom is -0.393 e. The van der Waals surface area contributed by atoms with Crippen molar-refractivity contribution in [2.75, 3.05) is 0 Å². The second-order valence-corrected chi connectivity index (χ2v) is 4.82. The van der Waals surface area contributed by atoms with Crippen LogP contribution in [0.2, 0.25) is 0 Å². The molecule has 0 spiro atoms. The van der Waals surface area contributed by atoms with Gasteiger partial charge in [-0.25, -0.2) is 0 Å². The molecular formula is C13H28O3. The average molecular weight is 232 g/mol. The fourth-order valence-electron chi connectivity index (χ4n) is 2.48. The lowest BCUT2D eigenvalue weighted by atomic mass is 9.84. The average Bonchev–Trinajstić information content (AvgIpc) is 2.67. The summed E-state index contributed by atoms with van der Waals surface area (Å²) in [5, 5.41) is 29.3. The molecule has 1 aliphatic carbocycles. The van der Waals surface area contributed by atoms with Gasteiger partial charge < -0.3 is 15.3 Å². The molecule has 0 bridgehead atoms. The Hall–Kier alpha value is -0.120. The summed E-state index contributed by atoms with van der Waals surface area (Å²) in [6.45, 7) is 7.59. The predicted octanol–water partition coefficient (Wildman–Crippen LogP) is 2.09. The molecule has 0 aromatic carbocycles. The van der Waals surface area contributed by atoms with Crippen molar-refractivity contribution in [1.82, 2.24) is 0 Å². The summed E-state index contributed by atoms with van der Waals surface area (Å²) < 4.78 is 0. The smallest absolute Gasteiger partial charge is 0.0908 e. The molecule has 1 aliphatic rings. The monoisotopic (exact) mass is 232 g/mol. The van der Waals surface area contributed by atoms with Crippen molar-refractivity contribution < 1.29 is 15.3 Å². The largest absolute Gasteiger partial charge is 0.393 e. The SMILES string of the molecule is CC.CC(O)CC(C)C(O)C1(O)CCCC1. The minimum absolute atomic E-state index is 0.0434. The van der Waals surface area contributed by atoms with E-state index in [4.69, 9.17) is 0 Å². The molecule has 16 heavy (non-hydrogen) atoms. The fraction of sp³-hybridized carbons (Fsp3) is 1.00. The fourth-order valence-corrected chi connectivity index (χ4v) is 2.48. The third-order valence-corrected chi connectivity index (χ3v) is 3.27. The van der Waals surface area contributed by atoms with Crippen LogP contribution < -0.4 is 0 Å². The zero-order valence-corrected chi connectivity index (χ0v) is 11.1. The van der Waals surface area contributed by atoms with Crippen LogP contribution in [-0.4, -0.2) is 33.1 Å². The standard InChI is InChI=1S/C11H22O3.C2H6/c1-8(7-9(2)12)10(13)11(14)5-3-4-6-11;1-2/h8-10,12-14H,3-7H2,1-2H3;1-2H3. The normalized spacial score (nSPS) is 24.2. The Bertz CT molecular complexity index is 174. The maximum absolute atomic E-state index is 10.1. The molecule has 98 valence electrons. The van der Waals surface area contributed by atoms with Gasteiger partial charge in [-0.1, -0.05) is 33.6 Å². The summed E-state index contributed by atoms with van der Waals surface area (Å²) in [7, 11) is 0. The topological polar surface area (TPSA) is 60.7 Å². The summed E-state index contributed by atoms with van der Waals surface area (Å²) in [6.07, 6.45) is 2.81. The number of rotatable bonds is 4. The molecule has 0 aromatic heterocycles. The summed E-state index contributed by atoms with van der Waals surface area (Å²) in [5.74, 6) is -0.0434. The van der Waals surface area contributed by atoms with Crippen molar-refractivity contribution in [3.63, 3.8) is 0 Å². The van der Waals surface area contributed by atoms with Gasteiger partial charge in [-0.15, -0.1) is 0 Å². The van der Waals surface area contributed by atoms with Gasteiger partial charge >= 0.3 is 0 Å². The molecule has 3 atom stereocenters. The summed E-state index contributed by atoms with van der Waals surface area (Å²) >= 11 is 0. The van der Waals surface area contributed by atoms with E-state index in [0.29, 0.717) is 19.3 Å². The quantitative estimate of drug-likeness (QED) is 0.695. The second kappa shape index (κ2) is 7.25. The van der Waals surface area contributed by atoms with Gasteiger partial charge in [0.05, 0.1) is 17.8 Å². The van der Waals surface area contributed by atoms with E-state index in [0.717, 1.165) is 12.8 Å². The first-order chi connectivity index (χ1) is 7.46. The van der Waals surface area contributed by atoms with E-state index in [2.05, 4.69) is 0 Å². The third kappa shape index (κ3) is 4.40.